The maximum Gasteiger partial charge on any atom is 0.299 e. The van der Waals surface area contributed by atoms with Crippen molar-refractivity contribution < 1.29 is 17.0 Å². The third-order valence-corrected chi connectivity index (χ3v) is 5.45. The van der Waals surface area contributed by atoms with Crippen molar-refractivity contribution in [2.75, 3.05) is 6.61 Å². The largest absolute Gasteiger partial charge is 0.344 e. The lowest BCUT2D eigenvalue weighted by atomic mass is 10.1. The van der Waals surface area contributed by atoms with Crippen molar-refractivity contribution in [3.05, 3.63) is 0 Å². The van der Waals surface area contributed by atoms with Gasteiger partial charge in [-0.1, -0.05) is 84.5 Å². The van der Waals surface area contributed by atoms with Gasteiger partial charge in [-0.05, 0) is 19.3 Å². The predicted molar refractivity (Wildman–Crippen MR) is 101 cm³/mol. The number of halogens is 1. The standard InChI is InChI=1S/C18H37FO3S.H3N/c1-3-5-7-9-10-11-12-13-15-17-22-23(20,21)18(19)16-14-8-6-4-2;/h18H,3-17H2,1-2H3;1H3. The smallest absolute Gasteiger partial charge is 0.299 e. The van der Waals surface area contributed by atoms with E-state index in [1.54, 1.807) is 0 Å². The molecule has 1 atom stereocenters. The topological polar surface area (TPSA) is 78.4 Å². The minimum atomic E-state index is -4.02. The van der Waals surface area contributed by atoms with Gasteiger partial charge in [0.05, 0.1) is 6.61 Å². The molecule has 4 nitrogen and oxygen atoms in total. The molecular formula is C18H40FNO3S. The molecule has 0 aliphatic carbocycles. The zero-order chi connectivity index (χ0) is 17.4. The molecule has 0 heterocycles. The Balaban J connectivity index is 0. The zero-order valence-electron chi connectivity index (χ0n) is 15.9. The van der Waals surface area contributed by atoms with Gasteiger partial charge in [0.15, 0.2) is 0 Å². The second kappa shape index (κ2) is 17.6. The van der Waals surface area contributed by atoms with Crippen LogP contribution in [0.4, 0.5) is 4.39 Å². The molecule has 0 rings (SSSR count). The molecule has 0 saturated heterocycles. The van der Waals surface area contributed by atoms with E-state index in [4.69, 9.17) is 4.18 Å². The first-order valence-corrected chi connectivity index (χ1v) is 11.0. The molecule has 6 heteroatoms. The molecule has 0 aliphatic heterocycles. The first-order chi connectivity index (χ1) is 11.0. The van der Waals surface area contributed by atoms with Gasteiger partial charge in [-0.15, -0.1) is 0 Å². The number of hydrogen-bond acceptors (Lipinski definition) is 4. The van der Waals surface area contributed by atoms with Crippen molar-refractivity contribution in [1.29, 1.82) is 0 Å². The van der Waals surface area contributed by atoms with E-state index in [0.29, 0.717) is 12.8 Å². The Morgan fingerprint density at radius 1 is 0.750 bits per heavy atom. The first kappa shape index (κ1) is 26.0. The summed E-state index contributed by atoms with van der Waals surface area (Å²) in [5.74, 6) is 0. The Kier molecular flexibility index (Phi) is 19.1. The maximum absolute atomic E-state index is 13.7. The van der Waals surface area contributed by atoms with Crippen LogP contribution in [0.1, 0.15) is 104 Å². The molecule has 0 saturated carbocycles. The zero-order valence-corrected chi connectivity index (χ0v) is 16.7. The van der Waals surface area contributed by atoms with Gasteiger partial charge in [0, 0.05) is 0 Å². The second-order valence-electron chi connectivity index (χ2n) is 6.40. The van der Waals surface area contributed by atoms with Gasteiger partial charge >= 0.3 is 0 Å². The van der Waals surface area contributed by atoms with Crippen LogP contribution in [0.15, 0.2) is 0 Å². The van der Waals surface area contributed by atoms with Crippen molar-refractivity contribution in [2.45, 2.75) is 109 Å². The lowest BCUT2D eigenvalue weighted by Crippen LogP contribution is -2.19. The highest BCUT2D eigenvalue weighted by Gasteiger charge is 2.25. The van der Waals surface area contributed by atoms with Crippen LogP contribution in [-0.4, -0.2) is 20.5 Å². The van der Waals surface area contributed by atoms with Crippen LogP contribution in [0, 0.1) is 0 Å². The fraction of sp³-hybridized carbons (Fsp3) is 1.00. The summed E-state index contributed by atoms with van der Waals surface area (Å²) >= 11 is 0. The molecule has 0 aromatic rings. The molecule has 0 amide bonds. The Hall–Kier alpha value is -0.200. The van der Waals surface area contributed by atoms with Gasteiger partial charge in [-0.25, -0.2) is 4.39 Å². The molecule has 148 valence electrons. The summed E-state index contributed by atoms with van der Waals surface area (Å²) in [6, 6.07) is 0. The SMILES string of the molecule is CCCCCCCCCCCOS(=O)(=O)C(F)CCCCCC.N. The Bertz CT molecular complexity index is 350. The Labute approximate surface area is 149 Å². The van der Waals surface area contributed by atoms with Crippen molar-refractivity contribution in [3.63, 3.8) is 0 Å². The van der Waals surface area contributed by atoms with E-state index in [2.05, 4.69) is 13.8 Å². The summed E-state index contributed by atoms with van der Waals surface area (Å²) in [6.45, 7) is 4.40. The lowest BCUT2D eigenvalue weighted by molar-refractivity contribution is 0.271. The molecule has 0 spiro atoms. The first-order valence-electron chi connectivity index (χ1n) is 9.57. The fourth-order valence-electron chi connectivity index (χ4n) is 2.54. The third-order valence-electron chi connectivity index (χ3n) is 4.09. The molecule has 24 heavy (non-hydrogen) atoms. The molecule has 0 aromatic heterocycles. The van der Waals surface area contributed by atoms with Crippen molar-refractivity contribution in [1.82, 2.24) is 6.15 Å². The monoisotopic (exact) mass is 369 g/mol. The van der Waals surface area contributed by atoms with Gasteiger partial charge in [0.1, 0.15) is 0 Å². The molecule has 0 aromatic carbocycles. The number of rotatable bonds is 17. The van der Waals surface area contributed by atoms with Crippen LogP contribution in [0.3, 0.4) is 0 Å². The molecule has 3 N–H and O–H groups in total. The van der Waals surface area contributed by atoms with Crippen LogP contribution in [-0.2, 0) is 14.3 Å². The molecule has 0 radical (unpaired) electrons. The van der Waals surface area contributed by atoms with Gasteiger partial charge in [0.25, 0.3) is 10.1 Å². The Morgan fingerprint density at radius 2 is 1.17 bits per heavy atom. The van der Waals surface area contributed by atoms with Crippen LogP contribution in [0.2, 0.25) is 0 Å². The van der Waals surface area contributed by atoms with E-state index >= 15 is 0 Å². The van der Waals surface area contributed by atoms with E-state index < -0.39 is 15.6 Å². The second-order valence-corrected chi connectivity index (χ2v) is 8.14. The fourth-order valence-corrected chi connectivity index (χ4v) is 3.49. The summed E-state index contributed by atoms with van der Waals surface area (Å²) < 4.78 is 41.7. The van der Waals surface area contributed by atoms with E-state index in [0.717, 1.165) is 32.1 Å². The summed E-state index contributed by atoms with van der Waals surface area (Å²) in [7, 11) is -4.02. The highest BCUT2D eigenvalue weighted by molar-refractivity contribution is 7.87. The van der Waals surface area contributed by atoms with Crippen molar-refractivity contribution in [2.24, 2.45) is 0 Å². The highest BCUT2D eigenvalue weighted by Crippen LogP contribution is 2.16. The van der Waals surface area contributed by atoms with E-state index in [-0.39, 0.29) is 19.2 Å². The Morgan fingerprint density at radius 3 is 1.67 bits per heavy atom. The molecule has 0 aliphatic rings. The van der Waals surface area contributed by atoms with Crippen LogP contribution in [0.5, 0.6) is 0 Å². The van der Waals surface area contributed by atoms with Gasteiger partial charge in [-0.3, -0.25) is 4.18 Å². The van der Waals surface area contributed by atoms with Gasteiger partial charge in [0.2, 0.25) is 5.50 Å². The summed E-state index contributed by atoms with van der Waals surface area (Å²) in [4.78, 5) is 0. The summed E-state index contributed by atoms with van der Waals surface area (Å²) in [5.41, 5.74) is -1.86. The minimum absolute atomic E-state index is 0. The minimum Gasteiger partial charge on any atom is -0.344 e. The number of alkyl halides is 1. The van der Waals surface area contributed by atoms with E-state index in [1.807, 2.05) is 0 Å². The number of unbranched alkanes of at least 4 members (excludes halogenated alkanes) is 11. The van der Waals surface area contributed by atoms with Crippen LogP contribution >= 0.6 is 0 Å². The average molecular weight is 370 g/mol. The summed E-state index contributed by atoms with van der Waals surface area (Å²) in [5, 5.41) is 0. The number of hydrogen-bond donors (Lipinski definition) is 1. The predicted octanol–water partition coefficient (Wildman–Crippen LogP) is 6.29. The van der Waals surface area contributed by atoms with E-state index in [1.165, 1.54) is 38.5 Å². The molecular weight excluding hydrogens is 329 g/mol. The molecule has 0 bridgehead atoms. The highest BCUT2D eigenvalue weighted by atomic mass is 32.2. The average Bonchev–Trinajstić information content (AvgIpc) is 2.53. The van der Waals surface area contributed by atoms with Gasteiger partial charge in [-0.2, -0.15) is 8.42 Å². The molecule has 0 fully saturated rings. The third kappa shape index (κ3) is 15.3. The lowest BCUT2D eigenvalue weighted by Gasteiger charge is -2.10. The van der Waals surface area contributed by atoms with Crippen LogP contribution in [0.25, 0.3) is 0 Å². The van der Waals surface area contributed by atoms with E-state index in [9.17, 15) is 12.8 Å². The maximum atomic E-state index is 13.7. The van der Waals surface area contributed by atoms with Gasteiger partial charge < -0.3 is 6.15 Å². The van der Waals surface area contributed by atoms with Crippen LogP contribution < -0.4 is 6.15 Å². The molecule has 1 unspecified atom stereocenters. The van der Waals surface area contributed by atoms with Crippen molar-refractivity contribution in [3.8, 4) is 0 Å². The quantitative estimate of drug-likeness (QED) is 0.241. The van der Waals surface area contributed by atoms with Crippen molar-refractivity contribution >= 4 is 10.1 Å². The summed E-state index contributed by atoms with van der Waals surface area (Å²) in [6.07, 6.45) is 14.0. The normalized spacial score (nSPS) is 12.8.